The lowest BCUT2D eigenvalue weighted by molar-refractivity contribution is 0.0307. The second kappa shape index (κ2) is 4.40. The van der Waals surface area contributed by atoms with Gasteiger partial charge in [-0.25, -0.2) is 0 Å². The minimum absolute atomic E-state index is 0.229. The van der Waals surface area contributed by atoms with E-state index < -0.39 is 0 Å². The van der Waals surface area contributed by atoms with E-state index in [9.17, 15) is 0 Å². The first kappa shape index (κ1) is 11.0. The Morgan fingerprint density at radius 1 is 1.54 bits per heavy atom. The van der Waals surface area contributed by atoms with Crippen molar-refractivity contribution in [2.24, 2.45) is 0 Å². The molecule has 1 atom stereocenters. The number of aliphatic hydroxyl groups excluding tert-OH is 1. The molecule has 0 aliphatic carbocycles. The third-order valence-corrected chi connectivity index (χ3v) is 2.96. The van der Waals surface area contributed by atoms with E-state index in [1.54, 1.807) is 0 Å². The summed E-state index contributed by atoms with van der Waals surface area (Å²) in [6, 6.07) is 0.499. The zero-order chi connectivity index (χ0) is 9.90. The Labute approximate surface area is 81.1 Å². The average molecular weight is 186 g/mol. The van der Waals surface area contributed by atoms with Gasteiger partial charge in [0.2, 0.25) is 0 Å². The highest BCUT2D eigenvalue weighted by Gasteiger charge is 2.34. The molecular formula is C10H22N2O. The van der Waals surface area contributed by atoms with Crippen molar-refractivity contribution >= 4 is 0 Å². The number of nitrogens with one attached hydrogen (secondary N) is 1. The van der Waals surface area contributed by atoms with Gasteiger partial charge in [0.1, 0.15) is 0 Å². The van der Waals surface area contributed by atoms with Gasteiger partial charge in [-0.2, -0.15) is 0 Å². The molecule has 1 aliphatic heterocycles. The van der Waals surface area contributed by atoms with Gasteiger partial charge in [-0.05, 0) is 26.8 Å². The maximum absolute atomic E-state index is 8.95. The fourth-order valence-corrected chi connectivity index (χ4v) is 2.34. The van der Waals surface area contributed by atoms with Crippen LogP contribution in [0.15, 0.2) is 0 Å². The SMILES string of the molecule is CCN1C(CCO)CNCC1(C)C. The van der Waals surface area contributed by atoms with Gasteiger partial charge in [0.15, 0.2) is 0 Å². The summed E-state index contributed by atoms with van der Waals surface area (Å²) in [5, 5.41) is 12.4. The molecule has 1 saturated heterocycles. The first-order valence-electron chi connectivity index (χ1n) is 5.20. The molecule has 3 nitrogen and oxygen atoms in total. The molecule has 0 saturated carbocycles. The van der Waals surface area contributed by atoms with Crippen molar-refractivity contribution in [2.45, 2.75) is 38.8 Å². The van der Waals surface area contributed by atoms with E-state index in [4.69, 9.17) is 5.11 Å². The van der Waals surface area contributed by atoms with E-state index in [1.165, 1.54) is 0 Å². The number of nitrogens with zero attached hydrogens (tertiary/aromatic N) is 1. The van der Waals surface area contributed by atoms with Crippen molar-refractivity contribution in [1.82, 2.24) is 10.2 Å². The fourth-order valence-electron chi connectivity index (χ4n) is 2.34. The maximum atomic E-state index is 8.95. The highest BCUT2D eigenvalue weighted by molar-refractivity contribution is 4.93. The van der Waals surface area contributed by atoms with Gasteiger partial charge in [-0.15, -0.1) is 0 Å². The van der Waals surface area contributed by atoms with Crippen LogP contribution in [0.4, 0.5) is 0 Å². The van der Waals surface area contributed by atoms with Crippen molar-refractivity contribution in [1.29, 1.82) is 0 Å². The van der Waals surface area contributed by atoms with Crippen LogP contribution in [-0.2, 0) is 0 Å². The van der Waals surface area contributed by atoms with E-state index in [0.29, 0.717) is 12.6 Å². The monoisotopic (exact) mass is 186 g/mol. The summed E-state index contributed by atoms with van der Waals surface area (Å²) < 4.78 is 0. The summed E-state index contributed by atoms with van der Waals surface area (Å²) in [5.74, 6) is 0. The molecule has 0 bridgehead atoms. The van der Waals surface area contributed by atoms with Crippen LogP contribution in [0, 0.1) is 0 Å². The van der Waals surface area contributed by atoms with Crippen LogP contribution in [0.2, 0.25) is 0 Å². The second-order valence-corrected chi connectivity index (χ2v) is 4.40. The molecule has 1 unspecified atom stereocenters. The van der Waals surface area contributed by atoms with E-state index in [1.807, 2.05) is 0 Å². The molecular weight excluding hydrogens is 164 g/mol. The molecule has 78 valence electrons. The molecule has 3 heteroatoms. The number of likely N-dealkylation sites (N-methyl/N-ethyl adjacent to an activating group) is 1. The normalized spacial score (nSPS) is 29.1. The van der Waals surface area contributed by atoms with Crippen molar-refractivity contribution < 1.29 is 5.11 Å². The molecule has 0 aromatic rings. The Morgan fingerprint density at radius 2 is 2.23 bits per heavy atom. The minimum atomic E-state index is 0.229. The number of piperazine rings is 1. The largest absolute Gasteiger partial charge is 0.396 e. The summed E-state index contributed by atoms with van der Waals surface area (Å²) in [4.78, 5) is 2.49. The van der Waals surface area contributed by atoms with Crippen LogP contribution >= 0.6 is 0 Å². The van der Waals surface area contributed by atoms with E-state index in [2.05, 4.69) is 31.0 Å². The van der Waals surface area contributed by atoms with Crippen LogP contribution in [0.25, 0.3) is 0 Å². The van der Waals surface area contributed by atoms with Crippen molar-refractivity contribution in [3.8, 4) is 0 Å². The highest BCUT2D eigenvalue weighted by atomic mass is 16.3. The molecule has 1 rings (SSSR count). The Hall–Kier alpha value is -0.120. The van der Waals surface area contributed by atoms with Gasteiger partial charge in [0, 0.05) is 31.3 Å². The van der Waals surface area contributed by atoms with Crippen molar-refractivity contribution in [3.05, 3.63) is 0 Å². The Bertz CT molecular complexity index is 157. The van der Waals surface area contributed by atoms with Gasteiger partial charge in [0.25, 0.3) is 0 Å². The number of aliphatic hydroxyl groups is 1. The van der Waals surface area contributed by atoms with E-state index in [0.717, 1.165) is 26.1 Å². The molecule has 0 aromatic heterocycles. The van der Waals surface area contributed by atoms with Gasteiger partial charge in [-0.3, -0.25) is 4.90 Å². The Kier molecular flexibility index (Phi) is 3.71. The molecule has 0 radical (unpaired) electrons. The van der Waals surface area contributed by atoms with Gasteiger partial charge >= 0.3 is 0 Å². The second-order valence-electron chi connectivity index (χ2n) is 4.40. The van der Waals surface area contributed by atoms with Crippen LogP contribution in [0.5, 0.6) is 0 Å². The molecule has 0 aromatic carbocycles. The summed E-state index contributed by atoms with van der Waals surface area (Å²) in [6.07, 6.45) is 0.879. The lowest BCUT2D eigenvalue weighted by atomic mass is 9.95. The first-order valence-corrected chi connectivity index (χ1v) is 5.20. The zero-order valence-electron chi connectivity index (χ0n) is 9.01. The average Bonchev–Trinajstić information content (AvgIpc) is 2.04. The quantitative estimate of drug-likeness (QED) is 0.671. The van der Waals surface area contributed by atoms with Gasteiger partial charge in [0.05, 0.1) is 0 Å². The summed E-state index contributed by atoms with van der Waals surface area (Å²) in [7, 11) is 0. The topological polar surface area (TPSA) is 35.5 Å². The van der Waals surface area contributed by atoms with Crippen LogP contribution in [-0.4, -0.2) is 47.8 Å². The minimum Gasteiger partial charge on any atom is -0.396 e. The molecule has 0 spiro atoms. The fraction of sp³-hybridized carbons (Fsp3) is 1.00. The highest BCUT2D eigenvalue weighted by Crippen LogP contribution is 2.21. The molecule has 1 fully saturated rings. The molecule has 1 heterocycles. The molecule has 13 heavy (non-hydrogen) atoms. The van der Waals surface area contributed by atoms with Crippen LogP contribution in [0.3, 0.4) is 0 Å². The standard InChI is InChI=1S/C10H22N2O/c1-4-12-9(5-6-13)7-11-8-10(12,2)3/h9,11,13H,4-8H2,1-3H3. The molecule has 2 N–H and O–H groups in total. The summed E-state index contributed by atoms with van der Waals surface area (Å²) >= 11 is 0. The number of hydrogen-bond acceptors (Lipinski definition) is 3. The third kappa shape index (κ3) is 2.42. The Morgan fingerprint density at radius 3 is 2.77 bits per heavy atom. The van der Waals surface area contributed by atoms with Crippen molar-refractivity contribution in [3.63, 3.8) is 0 Å². The zero-order valence-corrected chi connectivity index (χ0v) is 9.01. The maximum Gasteiger partial charge on any atom is 0.0446 e. The third-order valence-electron chi connectivity index (χ3n) is 2.96. The van der Waals surface area contributed by atoms with Crippen molar-refractivity contribution in [2.75, 3.05) is 26.2 Å². The summed E-state index contributed by atoms with van der Waals surface area (Å²) in [6.45, 7) is 10.1. The van der Waals surface area contributed by atoms with Crippen LogP contribution < -0.4 is 5.32 Å². The van der Waals surface area contributed by atoms with Crippen LogP contribution in [0.1, 0.15) is 27.2 Å². The molecule has 0 amide bonds. The lowest BCUT2D eigenvalue weighted by Crippen LogP contribution is -2.62. The number of hydrogen-bond donors (Lipinski definition) is 2. The summed E-state index contributed by atoms with van der Waals surface area (Å²) in [5.41, 5.74) is 0.229. The van der Waals surface area contributed by atoms with E-state index in [-0.39, 0.29) is 5.54 Å². The number of rotatable bonds is 3. The van der Waals surface area contributed by atoms with Gasteiger partial charge < -0.3 is 10.4 Å². The lowest BCUT2D eigenvalue weighted by Gasteiger charge is -2.47. The molecule has 1 aliphatic rings. The first-order chi connectivity index (χ1) is 6.11. The van der Waals surface area contributed by atoms with Gasteiger partial charge in [-0.1, -0.05) is 6.92 Å². The predicted octanol–water partition coefficient (Wildman–Crippen LogP) is 0.441. The smallest absolute Gasteiger partial charge is 0.0446 e. The Balaban J connectivity index is 2.62. The van der Waals surface area contributed by atoms with E-state index >= 15 is 0 Å². The predicted molar refractivity (Wildman–Crippen MR) is 54.8 cm³/mol.